The summed E-state index contributed by atoms with van der Waals surface area (Å²) in [5, 5.41) is 7.18. The minimum absolute atomic E-state index is 0.272. The Bertz CT molecular complexity index is 1090. The molecule has 0 aliphatic rings. The second kappa shape index (κ2) is 6.41. The fourth-order valence-electron chi connectivity index (χ4n) is 2.58. The van der Waals surface area contributed by atoms with E-state index in [2.05, 4.69) is 15.2 Å². The van der Waals surface area contributed by atoms with Crippen molar-refractivity contribution in [2.75, 3.05) is 0 Å². The van der Waals surface area contributed by atoms with Gasteiger partial charge in [0.2, 0.25) is 5.65 Å². The molecular weight excluding hydrogens is 340 g/mol. The van der Waals surface area contributed by atoms with Crippen molar-refractivity contribution in [3.63, 3.8) is 0 Å². The number of aromatic nitrogens is 4. The number of imidazole rings is 1. The van der Waals surface area contributed by atoms with Crippen molar-refractivity contribution in [1.82, 2.24) is 19.6 Å². The highest BCUT2D eigenvalue weighted by Crippen LogP contribution is 2.31. The molecule has 1 N–H and O–H groups in total. The lowest BCUT2D eigenvalue weighted by molar-refractivity contribution is 0.307. The number of benzene rings is 2. The maximum Gasteiger partial charge on any atom is 0.307 e. The minimum atomic E-state index is -0.352. The molecule has 0 saturated carbocycles. The molecule has 0 fully saturated rings. The largest absolute Gasteiger partial charge is 0.488 e. The Morgan fingerprint density at radius 1 is 1.16 bits per heavy atom. The normalized spacial score (nSPS) is 10.9. The Labute approximate surface area is 147 Å². The number of aromatic amines is 1. The Hall–Kier alpha value is -3.12. The highest BCUT2D eigenvalue weighted by molar-refractivity contribution is 6.30. The summed E-state index contributed by atoms with van der Waals surface area (Å²) in [6, 6.07) is 15.1. The Balaban J connectivity index is 1.78. The molecule has 4 rings (SSSR count). The average Bonchev–Trinajstić information content (AvgIpc) is 3.13. The highest BCUT2D eigenvalue weighted by atomic mass is 35.5. The average molecular weight is 353 g/mol. The van der Waals surface area contributed by atoms with Crippen molar-refractivity contribution in [2.24, 2.45) is 0 Å². The Morgan fingerprint density at radius 2 is 2.00 bits per heavy atom. The van der Waals surface area contributed by atoms with Gasteiger partial charge in [-0.3, -0.25) is 9.20 Å². The summed E-state index contributed by atoms with van der Waals surface area (Å²) in [6.45, 7) is 0.393. The fraction of sp³-hybridized carbons (Fsp3) is 0.0556. The third-order valence-corrected chi connectivity index (χ3v) is 3.99. The third kappa shape index (κ3) is 2.99. The van der Waals surface area contributed by atoms with Crippen LogP contribution in [0.3, 0.4) is 0 Å². The van der Waals surface area contributed by atoms with Gasteiger partial charge in [-0.2, -0.15) is 5.10 Å². The van der Waals surface area contributed by atoms with Crippen LogP contribution >= 0.6 is 11.6 Å². The van der Waals surface area contributed by atoms with Crippen LogP contribution in [0.1, 0.15) is 5.56 Å². The molecule has 124 valence electrons. The van der Waals surface area contributed by atoms with Gasteiger partial charge in [-0.25, -0.2) is 10.1 Å². The fourth-order valence-corrected chi connectivity index (χ4v) is 2.74. The molecule has 0 bridgehead atoms. The van der Waals surface area contributed by atoms with Gasteiger partial charge in [0.15, 0.2) is 5.82 Å². The molecule has 0 aliphatic heterocycles. The lowest BCUT2D eigenvalue weighted by Gasteiger charge is -2.12. The van der Waals surface area contributed by atoms with Crippen molar-refractivity contribution < 1.29 is 4.74 Å². The van der Waals surface area contributed by atoms with E-state index in [0.717, 1.165) is 5.56 Å². The van der Waals surface area contributed by atoms with Gasteiger partial charge in [0.25, 0.3) is 0 Å². The van der Waals surface area contributed by atoms with E-state index in [-0.39, 0.29) is 11.2 Å². The van der Waals surface area contributed by atoms with E-state index in [1.54, 1.807) is 28.9 Å². The van der Waals surface area contributed by atoms with Crippen LogP contribution in [-0.2, 0) is 6.61 Å². The summed E-state index contributed by atoms with van der Waals surface area (Å²) >= 11 is 6.13. The molecule has 2 aromatic heterocycles. The van der Waals surface area contributed by atoms with Crippen molar-refractivity contribution in [2.45, 2.75) is 6.61 Å². The van der Waals surface area contributed by atoms with E-state index < -0.39 is 0 Å². The van der Waals surface area contributed by atoms with Gasteiger partial charge >= 0.3 is 5.56 Å². The monoisotopic (exact) mass is 352 g/mol. The molecule has 0 atom stereocenters. The smallest absolute Gasteiger partial charge is 0.307 e. The second-order valence-corrected chi connectivity index (χ2v) is 5.85. The molecular formula is C18H13ClN4O2. The zero-order valence-electron chi connectivity index (χ0n) is 13.0. The van der Waals surface area contributed by atoms with Crippen molar-refractivity contribution in [3.8, 4) is 17.1 Å². The van der Waals surface area contributed by atoms with Crippen LogP contribution in [0.4, 0.5) is 0 Å². The van der Waals surface area contributed by atoms with Crippen LogP contribution in [0.2, 0.25) is 5.02 Å². The molecule has 0 amide bonds. The van der Waals surface area contributed by atoms with Crippen molar-refractivity contribution >= 4 is 17.2 Å². The molecule has 6 nitrogen and oxygen atoms in total. The van der Waals surface area contributed by atoms with Crippen LogP contribution in [0, 0.1) is 0 Å². The first-order chi connectivity index (χ1) is 12.2. The van der Waals surface area contributed by atoms with Gasteiger partial charge in [-0.15, -0.1) is 0 Å². The summed E-state index contributed by atoms with van der Waals surface area (Å²) in [5.74, 6) is 1.10. The van der Waals surface area contributed by atoms with Gasteiger partial charge in [-0.1, -0.05) is 41.9 Å². The van der Waals surface area contributed by atoms with Gasteiger partial charge in [0.1, 0.15) is 12.4 Å². The van der Waals surface area contributed by atoms with E-state index >= 15 is 0 Å². The van der Waals surface area contributed by atoms with Crippen LogP contribution in [0.15, 0.2) is 65.7 Å². The Morgan fingerprint density at radius 3 is 2.84 bits per heavy atom. The number of nitrogens with one attached hydrogen (secondary N) is 1. The predicted molar refractivity (Wildman–Crippen MR) is 94.8 cm³/mol. The minimum Gasteiger partial charge on any atom is -0.488 e. The number of fused-ring (bicyclic) bond motifs is 1. The first-order valence-corrected chi connectivity index (χ1v) is 7.98. The molecule has 2 aromatic carbocycles. The lowest BCUT2D eigenvalue weighted by atomic mass is 10.2. The van der Waals surface area contributed by atoms with Crippen LogP contribution < -0.4 is 10.3 Å². The number of hydrogen-bond acceptors (Lipinski definition) is 4. The van der Waals surface area contributed by atoms with E-state index in [4.69, 9.17) is 16.3 Å². The summed E-state index contributed by atoms with van der Waals surface area (Å²) < 4.78 is 7.59. The molecule has 0 saturated heterocycles. The standard InChI is InChI=1S/C18H13ClN4O2/c19-13-6-7-14(15(10-13)25-11-12-4-2-1-3-5-12)16-21-22-18(24)17-20-8-9-23(16)17/h1-10H,11H2,(H,22,24). The van der Waals surface area contributed by atoms with E-state index in [1.807, 2.05) is 36.4 Å². The number of ether oxygens (including phenoxy) is 1. The molecule has 0 radical (unpaired) electrons. The molecule has 0 unspecified atom stereocenters. The summed E-state index contributed by atoms with van der Waals surface area (Å²) in [6.07, 6.45) is 3.23. The van der Waals surface area contributed by atoms with E-state index in [9.17, 15) is 4.79 Å². The van der Waals surface area contributed by atoms with Crippen LogP contribution in [-0.4, -0.2) is 19.6 Å². The maximum absolute atomic E-state index is 11.8. The quantitative estimate of drug-likeness (QED) is 0.611. The number of nitrogens with zero attached hydrogens (tertiary/aromatic N) is 3. The number of halogens is 1. The first kappa shape index (κ1) is 15.4. The van der Waals surface area contributed by atoms with E-state index in [0.29, 0.717) is 28.8 Å². The SMILES string of the molecule is O=c1[nH]nc(-c2ccc(Cl)cc2OCc2ccccc2)n2ccnc12. The van der Waals surface area contributed by atoms with Gasteiger partial charge in [0.05, 0.1) is 5.56 Å². The molecule has 2 heterocycles. The summed E-state index contributed by atoms with van der Waals surface area (Å²) in [5.41, 5.74) is 1.67. The number of hydrogen-bond donors (Lipinski definition) is 1. The zero-order chi connectivity index (χ0) is 17.2. The predicted octanol–water partition coefficient (Wildman–Crippen LogP) is 3.32. The number of H-pyrrole nitrogens is 1. The zero-order valence-corrected chi connectivity index (χ0v) is 13.8. The van der Waals surface area contributed by atoms with E-state index in [1.165, 1.54) is 0 Å². The topological polar surface area (TPSA) is 72.3 Å². The summed E-state index contributed by atoms with van der Waals surface area (Å²) in [7, 11) is 0. The van der Waals surface area contributed by atoms with Crippen LogP contribution in [0.5, 0.6) is 5.75 Å². The van der Waals surface area contributed by atoms with Crippen molar-refractivity contribution in [3.05, 3.63) is 81.9 Å². The summed E-state index contributed by atoms with van der Waals surface area (Å²) in [4.78, 5) is 15.9. The van der Waals surface area contributed by atoms with Gasteiger partial charge in [0, 0.05) is 17.4 Å². The molecule has 0 aliphatic carbocycles. The van der Waals surface area contributed by atoms with Gasteiger partial charge in [-0.05, 0) is 23.8 Å². The number of rotatable bonds is 4. The molecule has 4 aromatic rings. The molecule has 25 heavy (non-hydrogen) atoms. The van der Waals surface area contributed by atoms with Crippen molar-refractivity contribution in [1.29, 1.82) is 0 Å². The Kier molecular flexibility index (Phi) is 3.95. The first-order valence-electron chi connectivity index (χ1n) is 7.61. The molecule has 0 spiro atoms. The maximum atomic E-state index is 11.8. The second-order valence-electron chi connectivity index (χ2n) is 5.41. The van der Waals surface area contributed by atoms with Crippen LogP contribution in [0.25, 0.3) is 17.0 Å². The highest BCUT2D eigenvalue weighted by Gasteiger charge is 2.14. The lowest BCUT2D eigenvalue weighted by Crippen LogP contribution is -2.14. The van der Waals surface area contributed by atoms with Gasteiger partial charge < -0.3 is 4.74 Å². The molecule has 7 heteroatoms. The third-order valence-electron chi connectivity index (χ3n) is 3.76.